The minimum atomic E-state index is -0.416. The summed E-state index contributed by atoms with van der Waals surface area (Å²) >= 11 is 0. The molecule has 0 aliphatic carbocycles. The van der Waals surface area contributed by atoms with Crippen LogP contribution in [0.15, 0.2) is 24.3 Å². The highest BCUT2D eigenvalue weighted by Gasteiger charge is 2.22. The summed E-state index contributed by atoms with van der Waals surface area (Å²) in [6.45, 7) is 4.23. The first-order chi connectivity index (χ1) is 9.88. The molecule has 0 aliphatic rings. The average molecular weight is 292 g/mol. The van der Waals surface area contributed by atoms with Crippen molar-refractivity contribution in [1.29, 1.82) is 0 Å². The lowest BCUT2D eigenvalue weighted by molar-refractivity contribution is -0.386. The molecule has 0 amide bonds. The van der Waals surface area contributed by atoms with Crippen LogP contribution in [0.25, 0.3) is 0 Å². The zero-order valence-electron chi connectivity index (χ0n) is 12.2. The van der Waals surface area contributed by atoms with Crippen LogP contribution in [-0.4, -0.2) is 26.7 Å². The highest BCUT2D eigenvalue weighted by atomic mass is 19.1. The van der Waals surface area contributed by atoms with Gasteiger partial charge in [-0.15, -0.1) is 0 Å². The summed E-state index contributed by atoms with van der Waals surface area (Å²) in [5.41, 5.74) is 1.81. The van der Waals surface area contributed by atoms with E-state index < -0.39 is 4.92 Å². The van der Waals surface area contributed by atoms with E-state index in [0.717, 1.165) is 5.56 Å². The van der Waals surface area contributed by atoms with Gasteiger partial charge in [0.1, 0.15) is 17.2 Å². The van der Waals surface area contributed by atoms with Gasteiger partial charge in [-0.1, -0.05) is 12.1 Å². The van der Waals surface area contributed by atoms with Gasteiger partial charge in [0.2, 0.25) is 0 Å². The number of rotatable bonds is 5. The molecule has 0 radical (unpaired) electrons. The summed E-state index contributed by atoms with van der Waals surface area (Å²) in [5.74, 6) is -0.275. The van der Waals surface area contributed by atoms with Crippen molar-refractivity contribution in [1.82, 2.24) is 14.7 Å². The third-order valence-corrected chi connectivity index (χ3v) is 3.24. The van der Waals surface area contributed by atoms with E-state index in [-0.39, 0.29) is 11.5 Å². The van der Waals surface area contributed by atoms with Crippen molar-refractivity contribution in [3.8, 4) is 0 Å². The standard InChI is InChI=1S/C14H17FN4O2/c1-10-14(19(20)21)11(2)18(16-10)9-17(3)8-12-5-4-6-13(15)7-12/h4-7H,8-9H2,1-3H3. The summed E-state index contributed by atoms with van der Waals surface area (Å²) < 4.78 is 14.7. The lowest BCUT2D eigenvalue weighted by Gasteiger charge is -2.17. The summed E-state index contributed by atoms with van der Waals surface area (Å²) in [6.07, 6.45) is 0. The summed E-state index contributed by atoms with van der Waals surface area (Å²) in [7, 11) is 1.85. The van der Waals surface area contributed by atoms with Gasteiger partial charge in [-0.3, -0.25) is 15.0 Å². The van der Waals surface area contributed by atoms with Crippen molar-refractivity contribution >= 4 is 5.69 Å². The number of benzene rings is 1. The lowest BCUT2D eigenvalue weighted by atomic mass is 10.2. The number of hydrogen-bond acceptors (Lipinski definition) is 4. The van der Waals surface area contributed by atoms with Gasteiger partial charge in [-0.2, -0.15) is 5.10 Å². The van der Waals surface area contributed by atoms with Crippen LogP contribution in [-0.2, 0) is 13.2 Å². The van der Waals surface area contributed by atoms with Gasteiger partial charge in [-0.25, -0.2) is 9.07 Å². The zero-order chi connectivity index (χ0) is 15.6. The average Bonchev–Trinajstić information content (AvgIpc) is 2.64. The first-order valence-electron chi connectivity index (χ1n) is 6.50. The second kappa shape index (κ2) is 6.01. The second-order valence-electron chi connectivity index (χ2n) is 5.06. The van der Waals surface area contributed by atoms with Gasteiger partial charge >= 0.3 is 5.69 Å². The van der Waals surface area contributed by atoms with Crippen LogP contribution in [0.4, 0.5) is 10.1 Å². The minimum Gasteiger partial charge on any atom is -0.283 e. The molecule has 0 fully saturated rings. The molecule has 0 N–H and O–H groups in total. The van der Waals surface area contributed by atoms with Crippen molar-refractivity contribution in [3.63, 3.8) is 0 Å². The van der Waals surface area contributed by atoms with Crippen LogP contribution in [0.3, 0.4) is 0 Å². The van der Waals surface area contributed by atoms with E-state index in [0.29, 0.717) is 24.6 Å². The lowest BCUT2D eigenvalue weighted by Crippen LogP contribution is -2.23. The number of halogens is 1. The number of hydrogen-bond donors (Lipinski definition) is 0. The van der Waals surface area contributed by atoms with Crippen molar-refractivity contribution in [2.75, 3.05) is 7.05 Å². The Morgan fingerprint density at radius 2 is 2.14 bits per heavy atom. The van der Waals surface area contributed by atoms with Crippen LogP contribution in [0.2, 0.25) is 0 Å². The van der Waals surface area contributed by atoms with Gasteiger partial charge in [0.25, 0.3) is 0 Å². The molecule has 0 spiro atoms. The molecule has 1 aromatic heterocycles. The summed E-state index contributed by atoms with van der Waals surface area (Å²) in [6, 6.07) is 6.36. The Labute approximate surface area is 121 Å². The quantitative estimate of drug-likeness (QED) is 0.627. The van der Waals surface area contributed by atoms with E-state index in [1.54, 1.807) is 24.6 Å². The molecule has 6 nitrogen and oxygen atoms in total. The van der Waals surface area contributed by atoms with E-state index in [9.17, 15) is 14.5 Å². The highest BCUT2D eigenvalue weighted by molar-refractivity contribution is 5.39. The molecule has 1 aromatic carbocycles. The Morgan fingerprint density at radius 1 is 1.43 bits per heavy atom. The van der Waals surface area contributed by atoms with Crippen LogP contribution >= 0.6 is 0 Å². The largest absolute Gasteiger partial charge is 0.312 e. The molecular weight excluding hydrogens is 275 g/mol. The third kappa shape index (κ3) is 3.43. The molecule has 2 rings (SSSR count). The first-order valence-corrected chi connectivity index (χ1v) is 6.50. The molecule has 7 heteroatoms. The molecular formula is C14H17FN4O2. The molecule has 1 heterocycles. The van der Waals surface area contributed by atoms with Gasteiger partial charge < -0.3 is 0 Å². The fourth-order valence-electron chi connectivity index (χ4n) is 2.32. The van der Waals surface area contributed by atoms with Crippen molar-refractivity contribution in [2.24, 2.45) is 0 Å². The molecule has 21 heavy (non-hydrogen) atoms. The fourth-order valence-corrected chi connectivity index (χ4v) is 2.32. The number of aromatic nitrogens is 2. The molecule has 2 aromatic rings. The van der Waals surface area contributed by atoms with Crippen molar-refractivity contribution < 1.29 is 9.31 Å². The molecule has 0 atom stereocenters. The predicted octanol–water partition coefficient (Wildman–Crippen LogP) is 2.64. The Morgan fingerprint density at radius 3 is 2.71 bits per heavy atom. The molecule has 0 unspecified atom stereocenters. The van der Waals surface area contributed by atoms with E-state index in [4.69, 9.17) is 0 Å². The first kappa shape index (κ1) is 15.1. The topological polar surface area (TPSA) is 64.2 Å². The van der Waals surface area contributed by atoms with Gasteiger partial charge in [-0.05, 0) is 38.6 Å². The van der Waals surface area contributed by atoms with Crippen LogP contribution in [0.5, 0.6) is 0 Å². The second-order valence-corrected chi connectivity index (χ2v) is 5.06. The number of aryl methyl sites for hydroxylation is 1. The maximum Gasteiger partial charge on any atom is 0.312 e. The van der Waals surface area contributed by atoms with E-state index in [1.807, 2.05) is 18.0 Å². The Balaban J connectivity index is 2.11. The monoisotopic (exact) mass is 292 g/mol. The molecule has 0 aliphatic heterocycles. The molecule has 0 saturated carbocycles. The fraction of sp³-hybridized carbons (Fsp3) is 0.357. The van der Waals surface area contributed by atoms with Gasteiger partial charge in [0.15, 0.2) is 0 Å². The maximum atomic E-state index is 13.1. The minimum absolute atomic E-state index is 0.0501. The normalized spacial score (nSPS) is 11.1. The molecule has 0 bridgehead atoms. The summed E-state index contributed by atoms with van der Waals surface area (Å²) in [5, 5.41) is 15.2. The van der Waals surface area contributed by atoms with Crippen molar-refractivity contribution in [3.05, 3.63) is 57.1 Å². The van der Waals surface area contributed by atoms with Gasteiger partial charge in [0.05, 0.1) is 11.6 Å². The summed E-state index contributed by atoms with van der Waals surface area (Å²) in [4.78, 5) is 12.5. The number of nitrogens with zero attached hydrogens (tertiary/aromatic N) is 4. The molecule has 112 valence electrons. The third-order valence-electron chi connectivity index (χ3n) is 3.24. The highest BCUT2D eigenvalue weighted by Crippen LogP contribution is 2.22. The number of nitro groups is 1. The Bertz CT molecular complexity index is 669. The zero-order valence-corrected chi connectivity index (χ0v) is 12.2. The predicted molar refractivity (Wildman–Crippen MR) is 76.2 cm³/mol. The van der Waals surface area contributed by atoms with Gasteiger partial charge in [0, 0.05) is 6.54 Å². The van der Waals surface area contributed by atoms with E-state index >= 15 is 0 Å². The van der Waals surface area contributed by atoms with E-state index in [1.165, 1.54) is 12.1 Å². The smallest absolute Gasteiger partial charge is 0.283 e. The van der Waals surface area contributed by atoms with Crippen LogP contribution < -0.4 is 0 Å². The molecule has 0 saturated heterocycles. The van der Waals surface area contributed by atoms with Crippen LogP contribution in [0, 0.1) is 29.8 Å². The van der Waals surface area contributed by atoms with E-state index in [2.05, 4.69) is 5.10 Å². The van der Waals surface area contributed by atoms with Crippen LogP contribution in [0.1, 0.15) is 17.0 Å². The SMILES string of the molecule is Cc1nn(CN(C)Cc2cccc(F)c2)c(C)c1[N+](=O)[O-]. The Kier molecular flexibility index (Phi) is 4.32. The maximum absolute atomic E-state index is 13.1. The Hall–Kier alpha value is -2.28. The van der Waals surface area contributed by atoms with Crippen molar-refractivity contribution in [2.45, 2.75) is 27.1 Å².